The number of aromatic nitrogens is 1. The predicted octanol–water partition coefficient (Wildman–Crippen LogP) is 0.591. The van der Waals surface area contributed by atoms with Crippen molar-refractivity contribution in [1.82, 2.24) is 10.3 Å². The van der Waals surface area contributed by atoms with Gasteiger partial charge in [0.1, 0.15) is 5.75 Å². The summed E-state index contributed by atoms with van der Waals surface area (Å²) >= 11 is 0. The van der Waals surface area contributed by atoms with E-state index < -0.39 is 0 Å². The molecule has 2 N–H and O–H groups in total. The lowest BCUT2D eigenvalue weighted by Gasteiger charge is -2.15. The Morgan fingerprint density at radius 1 is 1.69 bits per heavy atom. The number of hydrogen-bond donors (Lipinski definition) is 2. The Balaban J connectivity index is 2.79. The van der Waals surface area contributed by atoms with Crippen LogP contribution in [0.2, 0.25) is 0 Å². The van der Waals surface area contributed by atoms with Gasteiger partial charge in [0.05, 0.1) is 31.5 Å². The molecule has 0 fully saturated rings. The number of pyridine rings is 1. The first kappa shape index (κ1) is 12.4. The second-order valence-electron chi connectivity index (χ2n) is 3.34. The number of methoxy groups -OCH3 is 1. The van der Waals surface area contributed by atoms with E-state index in [9.17, 15) is 4.79 Å². The van der Waals surface area contributed by atoms with Crippen LogP contribution in [-0.4, -0.2) is 35.8 Å². The maximum absolute atomic E-state index is 11.8. The third-order valence-corrected chi connectivity index (χ3v) is 2.30. The van der Waals surface area contributed by atoms with Crippen LogP contribution in [0.5, 0.6) is 5.75 Å². The number of ether oxygens (including phenoxy) is 1. The fourth-order valence-corrected chi connectivity index (χ4v) is 1.27. The molecule has 0 bridgehead atoms. The summed E-state index contributed by atoms with van der Waals surface area (Å²) in [5.41, 5.74) is 0.421. The van der Waals surface area contributed by atoms with E-state index in [2.05, 4.69) is 10.3 Å². The zero-order chi connectivity index (χ0) is 12.0. The number of nitrogens with zero attached hydrogens (tertiary/aromatic N) is 1. The summed E-state index contributed by atoms with van der Waals surface area (Å²) in [4.78, 5) is 15.7. The first-order chi connectivity index (χ1) is 7.72. The quantitative estimate of drug-likeness (QED) is 0.768. The number of rotatable bonds is 5. The van der Waals surface area contributed by atoms with Crippen molar-refractivity contribution >= 4 is 5.91 Å². The zero-order valence-electron chi connectivity index (χ0n) is 9.43. The molecule has 0 saturated carbocycles. The van der Waals surface area contributed by atoms with Crippen LogP contribution in [0.1, 0.15) is 23.7 Å². The van der Waals surface area contributed by atoms with Crippen molar-refractivity contribution in [3.05, 3.63) is 24.0 Å². The molecule has 1 rings (SSSR count). The Labute approximate surface area is 94.5 Å². The van der Waals surface area contributed by atoms with Crippen LogP contribution in [-0.2, 0) is 0 Å². The Kier molecular flexibility index (Phi) is 4.72. The van der Waals surface area contributed by atoms with Crippen LogP contribution in [0.4, 0.5) is 0 Å². The summed E-state index contributed by atoms with van der Waals surface area (Å²) < 4.78 is 5.03. The lowest BCUT2D eigenvalue weighted by Crippen LogP contribution is -2.37. The zero-order valence-corrected chi connectivity index (χ0v) is 9.43. The van der Waals surface area contributed by atoms with Gasteiger partial charge < -0.3 is 15.2 Å². The van der Waals surface area contributed by atoms with Gasteiger partial charge >= 0.3 is 0 Å². The van der Waals surface area contributed by atoms with E-state index in [0.717, 1.165) is 0 Å². The summed E-state index contributed by atoms with van der Waals surface area (Å²) in [7, 11) is 1.48. The van der Waals surface area contributed by atoms with Crippen molar-refractivity contribution in [2.75, 3.05) is 13.7 Å². The standard InChI is InChI=1S/C11H16N2O3/c1-3-8(7-14)13-11(15)9-4-5-12-6-10(9)16-2/h4-6,8,14H,3,7H2,1-2H3,(H,13,15)/t8-/m0/s1. The minimum atomic E-state index is -0.264. The highest BCUT2D eigenvalue weighted by atomic mass is 16.5. The van der Waals surface area contributed by atoms with Gasteiger partial charge in [-0.3, -0.25) is 9.78 Å². The fraction of sp³-hybridized carbons (Fsp3) is 0.455. The predicted molar refractivity (Wildman–Crippen MR) is 59.4 cm³/mol. The lowest BCUT2D eigenvalue weighted by molar-refractivity contribution is 0.0911. The Morgan fingerprint density at radius 2 is 2.44 bits per heavy atom. The molecular weight excluding hydrogens is 208 g/mol. The molecule has 0 unspecified atom stereocenters. The summed E-state index contributed by atoms with van der Waals surface area (Å²) in [5.74, 6) is 0.160. The highest BCUT2D eigenvalue weighted by Crippen LogP contribution is 2.15. The molecule has 16 heavy (non-hydrogen) atoms. The van der Waals surface area contributed by atoms with Crippen LogP contribution >= 0.6 is 0 Å². The van der Waals surface area contributed by atoms with E-state index in [0.29, 0.717) is 17.7 Å². The molecule has 0 aliphatic heterocycles. The third kappa shape index (κ3) is 2.93. The van der Waals surface area contributed by atoms with E-state index in [1.165, 1.54) is 19.5 Å². The average Bonchev–Trinajstić information content (AvgIpc) is 2.35. The molecule has 88 valence electrons. The van der Waals surface area contributed by atoms with Gasteiger partial charge in [-0.1, -0.05) is 6.92 Å². The number of amides is 1. The molecule has 0 spiro atoms. The van der Waals surface area contributed by atoms with Gasteiger partial charge in [-0.15, -0.1) is 0 Å². The fourth-order valence-electron chi connectivity index (χ4n) is 1.27. The van der Waals surface area contributed by atoms with Crippen molar-refractivity contribution < 1.29 is 14.6 Å². The number of aliphatic hydroxyl groups is 1. The lowest BCUT2D eigenvalue weighted by atomic mass is 10.2. The molecule has 1 atom stereocenters. The largest absolute Gasteiger partial charge is 0.494 e. The molecule has 5 heteroatoms. The van der Waals surface area contributed by atoms with E-state index in [4.69, 9.17) is 9.84 Å². The van der Waals surface area contributed by atoms with Crippen molar-refractivity contribution in [2.24, 2.45) is 0 Å². The van der Waals surface area contributed by atoms with Crippen LogP contribution in [0.3, 0.4) is 0 Å². The van der Waals surface area contributed by atoms with Crippen LogP contribution in [0.15, 0.2) is 18.5 Å². The maximum Gasteiger partial charge on any atom is 0.255 e. The molecule has 0 radical (unpaired) electrons. The van der Waals surface area contributed by atoms with E-state index in [-0.39, 0.29) is 18.6 Å². The Bertz CT molecular complexity index is 351. The molecule has 0 aromatic carbocycles. The summed E-state index contributed by atoms with van der Waals surface area (Å²) in [6, 6.07) is 1.35. The molecule has 1 aromatic rings. The summed E-state index contributed by atoms with van der Waals surface area (Å²) in [6.45, 7) is 1.82. The number of carbonyl (C=O) groups excluding carboxylic acids is 1. The number of nitrogens with one attached hydrogen (secondary N) is 1. The number of hydrogen-bond acceptors (Lipinski definition) is 4. The van der Waals surface area contributed by atoms with Gasteiger partial charge in [0, 0.05) is 6.20 Å². The first-order valence-corrected chi connectivity index (χ1v) is 5.12. The summed E-state index contributed by atoms with van der Waals surface area (Å²) in [6.07, 6.45) is 3.68. The molecule has 1 amide bonds. The van der Waals surface area contributed by atoms with Crippen LogP contribution < -0.4 is 10.1 Å². The first-order valence-electron chi connectivity index (χ1n) is 5.12. The second kappa shape index (κ2) is 6.07. The van der Waals surface area contributed by atoms with E-state index in [1.54, 1.807) is 6.07 Å². The Morgan fingerprint density at radius 3 is 3.00 bits per heavy atom. The van der Waals surface area contributed by atoms with Gasteiger partial charge in [0.2, 0.25) is 0 Å². The molecule has 1 aromatic heterocycles. The van der Waals surface area contributed by atoms with Crippen molar-refractivity contribution in [3.63, 3.8) is 0 Å². The highest BCUT2D eigenvalue weighted by molar-refractivity contribution is 5.96. The molecule has 0 aliphatic rings. The number of carbonyl (C=O) groups is 1. The van der Waals surface area contributed by atoms with E-state index >= 15 is 0 Å². The topological polar surface area (TPSA) is 71.5 Å². The molecule has 5 nitrogen and oxygen atoms in total. The normalized spacial score (nSPS) is 11.9. The van der Waals surface area contributed by atoms with Gasteiger partial charge in [-0.25, -0.2) is 0 Å². The van der Waals surface area contributed by atoms with E-state index in [1.807, 2.05) is 6.92 Å². The SMILES string of the molecule is CC[C@@H](CO)NC(=O)c1ccncc1OC. The number of aliphatic hydroxyl groups excluding tert-OH is 1. The smallest absolute Gasteiger partial charge is 0.255 e. The van der Waals surface area contributed by atoms with Gasteiger partial charge in [-0.2, -0.15) is 0 Å². The van der Waals surface area contributed by atoms with Crippen LogP contribution in [0.25, 0.3) is 0 Å². The van der Waals surface area contributed by atoms with Crippen LogP contribution in [0, 0.1) is 0 Å². The molecule has 1 heterocycles. The maximum atomic E-state index is 11.8. The van der Waals surface area contributed by atoms with Gasteiger partial charge in [0.25, 0.3) is 5.91 Å². The minimum Gasteiger partial charge on any atom is -0.494 e. The minimum absolute atomic E-state index is 0.0738. The highest BCUT2D eigenvalue weighted by Gasteiger charge is 2.15. The molecule has 0 saturated heterocycles. The summed E-state index contributed by atoms with van der Waals surface area (Å²) in [5, 5.41) is 11.7. The molecule has 0 aliphatic carbocycles. The van der Waals surface area contributed by atoms with Gasteiger partial charge in [0.15, 0.2) is 0 Å². The second-order valence-corrected chi connectivity index (χ2v) is 3.34. The average molecular weight is 224 g/mol. The third-order valence-electron chi connectivity index (χ3n) is 2.30. The van der Waals surface area contributed by atoms with Gasteiger partial charge in [-0.05, 0) is 12.5 Å². The Hall–Kier alpha value is -1.62. The van der Waals surface area contributed by atoms with Crippen molar-refractivity contribution in [3.8, 4) is 5.75 Å². The monoisotopic (exact) mass is 224 g/mol. The van der Waals surface area contributed by atoms with Crippen molar-refractivity contribution in [2.45, 2.75) is 19.4 Å². The van der Waals surface area contributed by atoms with Crippen molar-refractivity contribution in [1.29, 1.82) is 0 Å². The molecular formula is C11H16N2O3.